The quantitative estimate of drug-likeness (QED) is 0.230. The Balaban J connectivity index is 1.50. The Morgan fingerprint density at radius 3 is 2.27 bits per heavy atom. The first-order valence-corrected chi connectivity index (χ1v) is 13.9. The molecule has 5 rings (SSSR count). The van der Waals surface area contributed by atoms with Gasteiger partial charge < -0.3 is 14.2 Å². The van der Waals surface area contributed by atoms with Crippen LogP contribution >= 0.6 is 22.9 Å². The average Bonchev–Trinajstić information content (AvgIpc) is 3.27. The van der Waals surface area contributed by atoms with Crippen LogP contribution in [0.25, 0.3) is 6.08 Å². The molecule has 208 valence electrons. The van der Waals surface area contributed by atoms with E-state index in [0.717, 1.165) is 11.1 Å². The number of esters is 2. The zero-order valence-corrected chi connectivity index (χ0v) is 24.0. The number of aromatic nitrogens is 1. The molecule has 1 aromatic heterocycles. The maximum atomic E-state index is 13.8. The minimum atomic E-state index is -0.715. The Morgan fingerprint density at radius 2 is 1.63 bits per heavy atom. The first-order chi connectivity index (χ1) is 19.8. The number of thiazole rings is 1. The van der Waals surface area contributed by atoms with Gasteiger partial charge in [-0.25, -0.2) is 14.6 Å². The van der Waals surface area contributed by atoms with E-state index in [1.807, 2.05) is 12.1 Å². The fourth-order valence-corrected chi connectivity index (χ4v) is 5.60. The maximum Gasteiger partial charge on any atom is 0.343 e. The number of nitrogens with zero attached hydrogens (tertiary/aromatic N) is 2. The number of hydrogen-bond acceptors (Lipinski definition) is 8. The molecule has 10 heteroatoms. The molecule has 41 heavy (non-hydrogen) atoms. The number of halogens is 1. The molecule has 0 bridgehead atoms. The molecule has 1 unspecified atom stereocenters. The molecule has 1 aliphatic rings. The standard InChI is InChI=1S/C31H25ClN2O6S/c1-4-39-30(37)26-18(2)33-31-34(27(26)20-9-15-23(38-3)16-10-20)28(35)25(41-31)17-19-5-13-24(14-6-19)40-29(36)21-7-11-22(32)12-8-21/h5-17,27H,4H2,1-3H3. The van der Waals surface area contributed by atoms with Crippen molar-refractivity contribution in [2.24, 2.45) is 4.99 Å². The zero-order valence-electron chi connectivity index (χ0n) is 22.4. The van der Waals surface area contributed by atoms with Crippen LogP contribution in [-0.2, 0) is 9.53 Å². The van der Waals surface area contributed by atoms with E-state index in [9.17, 15) is 14.4 Å². The van der Waals surface area contributed by atoms with E-state index in [-0.39, 0.29) is 12.2 Å². The monoisotopic (exact) mass is 588 g/mol. The summed E-state index contributed by atoms with van der Waals surface area (Å²) in [7, 11) is 1.57. The van der Waals surface area contributed by atoms with Gasteiger partial charge in [-0.3, -0.25) is 9.36 Å². The summed E-state index contributed by atoms with van der Waals surface area (Å²) in [6, 6.07) is 19.7. The van der Waals surface area contributed by atoms with Gasteiger partial charge >= 0.3 is 11.9 Å². The van der Waals surface area contributed by atoms with Crippen molar-refractivity contribution in [1.29, 1.82) is 0 Å². The normalized spacial score (nSPS) is 14.7. The van der Waals surface area contributed by atoms with E-state index in [1.165, 1.54) is 15.9 Å². The molecule has 0 fully saturated rings. The lowest BCUT2D eigenvalue weighted by atomic mass is 9.96. The second-order valence-corrected chi connectivity index (χ2v) is 10.5. The highest BCUT2D eigenvalue weighted by Gasteiger charge is 2.33. The van der Waals surface area contributed by atoms with Gasteiger partial charge in [0.15, 0.2) is 4.80 Å². The molecule has 0 saturated carbocycles. The lowest BCUT2D eigenvalue weighted by Gasteiger charge is -2.24. The molecular formula is C31H25ClN2O6S. The van der Waals surface area contributed by atoms with Crippen LogP contribution in [0.5, 0.6) is 11.5 Å². The molecule has 0 amide bonds. The van der Waals surface area contributed by atoms with Crippen molar-refractivity contribution in [3.63, 3.8) is 0 Å². The van der Waals surface area contributed by atoms with Crippen molar-refractivity contribution in [2.45, 2.75) is 19.9 Å². The number of methoxy groups -OCH3 is 1. The summed E-state index contributed by atoms with van der Waals surface area (Å²) in [5, 5.41) is 0.527. The molecule has 2 heterocycles. The summed E-state index contributed by atoms with van der Waals surface area (Å²) >= 11 is 7.11. The topological polar surface area (TPSA) is 96.2 Å². The molecule has 4 aromatic rings. The maximum absolute atomic E-state index is 13.8. The van der Waals surface area contributed by atoms with Gasteiger partial charge in [-0.05, 0) is 79.6 Å². The lowest BCUT2D eigenvalue weighted by molar-refractivity contribution is -0.139. The fourth-order valence-electron chi connectivity index (χ4n) is 4.43. The van der Waals surface area contributed by atoms with Gasteiger partial charge in [-0.1, -0.05) is 47.2 Å². The highest BCUT2D eigenvalue weighted by Crippen LogP contribution is 2.31. The third kappa shape index (κ3) is 5.86. The Morgan fingerprint density at radius 1 is 0.976 bits per heavy atom. The highest BCUT2D eigenvalue weighted by atomic mass is 35.5. The largest absolute Gasteiger partial charge is 0.497 e. The molecule has 0 saturated heterocycles. The number of ether oxygens (including phenoxy) is 3. The van der Waals surface area contributed by atoms with Crippen molar-refractivity contribution in [3.8, 4) is 11.5 Å². The van der Waals surface area contributed by atoms with Gasteiger partial charge in [0, 0.05) is 5.02 Å². The summed E-state index contributed by atoms with van der Waals surface area (Å²) in [5.41, 5.74) is 2.34. The molecule has 1 aliphatic heterocycles. The van der Waals surface area contributed by atoms with Crippen molar-refractivity contribution in [1.82, 2.24) is 4.57 Å². The van der Waals surface area contributed by atoms with Gasteiger partial charge in [0.1, 0.15) is 11.5 Å². The van der Waals surface area contributed by atoms with Crippen LogP contribution < -0.4 is 24.4 Å². The molecule has 1 atom stereocenters. The van der Waals surface area contributed by atoms with Crippen molar-refractivity contribution in [3.05, 3.63) is 125 Å². The van der Waals surface area contributed by atoms with E-state index in [4.69, 9.17) is 25.8 Å². The van der Waals surface area contributed by atoms with Gasteiger partial charge in [0.25, 0.3) is 5.56 Å². The SMILES string of the molecule is CCOC(=O)C1=C(C)N=c2sc(=Cc3ccc(OC(=O)c4ccc(Cl)cc4)cc3)c(=O)n2C1c1ccc(OC)cc1. The highest BCUT2D eigenvalue weighted by molar-refractivity contribution is 7.07. The van der Waals surface area contributed by atoms with Crippen LogP contribution in [0, 0.1) is 0 Å². The van der Waals surface area contributed by atoms with Crippen LogP contribution in [0.15, 0.2) is 93.9 Å². The van der Waals surface area contributed by atoms with Gasteiger partial charge in [0.05, 0.1) is 41.1 Å². The minimum absolute atomic E-state index is 0.195. The lowest BCUT2D eigenvalue weighted by Crippen LogP contribution is -2.39. The Kier molecular flexibility index (Phi) is 8.19. The first kappa shape index (κ1) is 28.1. The van der Waals surface area contributed by atoms with E-state index in [0.29, 0.717) is 42.7 Å². The molecule has 0 aliphatic carbocycles. The molecular weight excluding hydrogens is 564 g/mol. The van der Waals surface area contributed by atoms with Crippen molar-refractivity contribution < 1.29 is 23.8 Å². The van der Waals surface area contributed by atoms with Crippen molar-refractivity contribution >= 4 is 41.0 Å². The van der Waals surface area contributed by atoms with Gasteiger partial charge in [-0.2, -0.15) is 0 Å². The smallest absolute Gasteiger partial charge is 0.343 e. The molecule has 0 N–H and O–H groups in total. The molecule has 3 aromatic carbocycles. The number of rotatable bonds is 7. The summed E-state index contributed by atoms with van der Waals surface area (Å²) in [6.45, 7) is 3.67. The third-order valence-corrected chi connectivity index (χ3v) is 7.65. The molecule has 0 radical (unpaired) electrons. The van der Waals surface area contributed by atoms with Crippen LogP contribution in [0.3, 0.4) is 0 Å². The predicted molar refractivity (Wildman–Crippen MR) is 156 cm³/mol. The summed E-state index contributed by atoms with van der Waals surface area (Å²) < 4.78 is 18.0. The van der Waals surface area contributed by atoms with Crippen LogP contribution in [0.4, 0.5) is 0 Å². The van der Waals surface area contributed by atoms with Crippen molar-refractivity contribution in [2.75, 3.05) is 13.7 Å². The van der Waals surface area contributed by atoms with Crippen LogP contribution in [0.1, 0.15) is 41.4 Å². The van der Waals surface area contributed by atoms with E-state index in [1.54, 1.807) is 87.7 Å². The van der Waals surface area contributed by atoms with E-state index < -0.39 is 18.0 Å². The first-order valence-electron chi connectivity index (χ1n) is 12.7. The second kappa shape index (κ2) is 12.0. The number of allylic oxidation sites excluding steroid dienone is 1. The second-order valence-electron chi connectivity index (χ2n) is 9.04. The molecule has 8 nitrogen and oxygen atoms in total. The minimum Gasteiger partial charge on any atom is -0.497 e. The summed E-state index contributed by atoms with van der Waals surface area (Å²) in [5.74, 6) is -0.0128. The number of fused-ring (bicyclic) bond motifs is 1. The van der Waals surface area contributed by atoms with E-state index in [2.05, 4.69) is 4.99 Å². The average molecular weight is 589 g/mol. The number of carbonyl (C=O) groups excluding carboxylic acids is 2. The Hall–Kier alpha value is -4.47. The summed E-state index contributed by atoms with van der Waals surface area (Å²) in [6.07, 6.45) is 1.74. The van der Waals surface area contributed by atoms with Gasteiger partial charge in [-0.15, -0.1) is 0 Å². The molecule has 0 spiro atoms. The van der Waals surface area contributed by atoms with Crippen LogP contribution in [-0.4, -0.2) is 30.2 Å². The Bertz CT molecular complexity index is 1820. The fraction of sp³-hybridized carbons (Fsp3) is 0.161. The van der Waals surface area contributed by atoms with E-state index >= 15 is 0 Å². The predicted octanol–water partition coefficient (Wildman–Crippen LogP) is 4.68. The number of benzene rings is 3. The van der Waals surface area contributed by atoms with Crippen LogP contribution in [0.2, 0.25) is 5.02 Å². The zero-order chi connectivity index (χ0) is 29.1. The number of hydrogen-bond donors (Lipinski definition) is 0. The van der Waals surface area contributed by atoms with Gasteiger partial charge in [0.2, 0.25) is 0 Å². The summed E-state index contributed by atoms with van der Waals surface area (Å²) in [4.78, 5) is 44.3. The third-order valence-electron chi connectivity index (χ3n) is 6.42. The number of carbonyl (C=O) groups is 2. The Labute approximate surface area is 244 Å².